The Balaban J connectivity index is 1.91. The molecule has 0 aromatic heterocycles. The van der Waals surface area contributed by atoms with E-state index in [-0.39, 0.29) is 17.2 Å². The molecule has 0 spiro atoms. The first-order valence-electron chi connectivity index (χ1n) is 6.17. The molecule has 2 aliphatic heterocycles. The highest BCUT2D eigenvalue weighted by Crippen LogP contribution is 2.39. The molecule has 3 rings (SSSR count). The Morgan fingerprint density at radius 1 is 1.33 bits per heavy atom. The Bertz CT molecular complexity index is 567. The van der Waals surface area contributed by atoms with Gasteiger partial charge in [0.25, 0.3) is 6.01 Å². The Morgan fingerprint density at radius 2 is 2.00 bits per heavy atom. The van der Waals surface area contributed by atoms with Crippen LogP contribution >= 0.6 is 0 Å². The van der Waals surface area contributed by atoms with Crippen molar-refractivity contribution in [3.63, 3.8) is 0 Å². The van der Waals surface area contributed by atoms with Gasteiger partial charge in [-0.3, -0.25) is 5.01 Å². The summed E-state index contributed by atoms with van der Waals surface area (Å²) in [4.78, 5) is 0. The fourth-order valence-corrected chi connectivity index (χ4v) is 3.12. The highest BCUT2D eigenvalue weighted by molar-refractivity contribution is 8.06. The van der Waals surface area contributed by atoms with Gasteiger partial charge >= 0.3 is 5.17 Å². The molecule has 0 unspecified atom stereocenters. The van der Waals surface area contributed by atoms with Gasteiger partial charge in [0.1, 0.15) is 17.8 Å². The molecule has 0 bridgehead atoms. The maximum absolute atomic E-state index is 14.0. The number of amidine groups is 1. The molecule has 9 heteroatoms. The van der Waals surface area contributed by atoms with E-state index >= 15 is 0 Å². The Morgan fingerprint density at radius 3 is 2.62 bits per heavy atom. The third-order valence-corrected chi connectivity index (χ3v) is 4.29. The van der Waals surface area contributed by atoms with Gasteiger partial charge in [0.15, 0.2) is 6.17 Å². The number of halogens is 4. The van der Waals surface area contributed by atoms with Crippen LogP contribution in [0.25, 0.3) is 0 Å². The van der Waals surface area contributed by atoms with Crippen molar-refractivity contribution >= 4 is 16.3 Å². The van der Waals surface area contributed by atoms with Crippen LogP contribution in [-0.4, -0.2) is 33.1 Å². The van der Waals surface area contributed by atoms with Gasteiger partial charge in [-0.25, -0.2) is 13.2 Å². The van der Waals surface area contributed by atoms with E-state index in [1.54, 1.807) is 0 Å². The number of fused-ring (bicyclic) bond motifs is 1. The largest absolute Gasteiger partial charge is 0.607 e. The average Bonchev–Trinajstić information content (AvgIpc) is 2.98. The summed E-state index contributed by atoms with van der Waals surface area (Å²) in [6, 6.07) is 1.09. The van der Waals surface area contributed by atoms with Gasteiger partial charge in [-0.15, -0.1) is 5.10 Å². The normalized spacial score (nSPS) is 29.1. The molecule has 114 valence electrons. The van der Waals surface area contributed by atoms with Gasteiger partial charge in [0.05, 0.1) is 17.2 Å². The molecule has 1 fully saturated rings. The minimum atomic E-state index is -1.99. The first-order valence-corrected chi connectivity index (χ1v) is 7.49. The summed E-state index contributed by atoms with van der Waals surface area (Å²) in [6.07, 6.45) is -2.29. The topological polar surface area (TPSA) is 50.7 Å². The molecule has 4 nitrogen and oxygen atoms in total. The molecule has 2 aliphatic rings. The molecule has 0 saturated carbocycles. The lowest BCUT2D eigenvalue weighted by Gasteiger charge is -2.21. The van der Waals surface area contributed by atoms with Crippen molar-refractivity contribution in [3.05, 3.63) is 35.4 Å². The summed E-state index contributed by atoms with van der Waals surface area (Å²) in [7, 11) is 0. The summed E-state index contributed by atoms with van der Waals surface area (Å²) in [5, 5.41) is 7.55. The van der Waals surface area contributed by atoms with Crippen LogP contribution in [0.15, 0.2) is 23.3 Å². The number of hydrogen-bond acceptors (Lipinski definition) is 4. The second-order valence-corrected chi connectivity index (χ2v) is 6.10. The Kier molecular flexibility index (Phi) is 3.70. The number of hydrazone groups is 1. The van der Waals surface area contributed by atoms with Crippen molar-refractivity contribution in [2.24, 2.45) is 5.10 Å². The lowest BCUT2D eigenvalue weighted by molar-refractivity contribution is 0.180. The SMILES string of the molecule is [O-][S@@+](CF)C1=NN2[C@H](c3cc(F)cc(F)c3)C[C@H](F)[C@@H]2N1. The van der Waals surface area contributed by atoms with Crippen molar-refractivity contribution in [2.75, 3.05) is 6.01 Å². The molecule has 0 aliphatic carbocycles. The van der Waals surface area contributed by atoms with Gasteiger partial charge in [-0.05, 0) is 17.7 Å². The fourth-order valence-electron chi connectivity index (χ4n) is 2.58. The van der Waals surface area contributed by atoms with Crippen LogP contribution < -0.4 is 5.32 Å². The second kappa shape index (κ2) is 5.38. The predicted octanol–water partition coefficient (Wildman–Crippen LogP) is 1.93. The standard InChI is InChI=1S/C12H11F4N3OS/c13-5-21(20)12-17-11-9(16)4-10(19(11)18-12)6-1-7(14)3-8(15)2-6/h1-3,9-11H,4-5H2,(H,17,18)/t9-,10-,11+,21-/m0/s1. The van der Waals surface area contributed by atoms with E-state index in [0.717, 1.165) is 18.2 Å². The Labute approximate surface area is 121 Å². The van der Waals surface area contributed by atoms with Crippen LogP contribution in [0, 0.1) is 11.6 Å². The molecule has 21 heavy (non-hydrogen) atoms. The van der Waals surface area contributed by atoms with Gasteiger partial charge in [-0.1, -0.05) is 0 Å². The van der Waals surface area contributed by atoms with Crippen molar-refractivity contribution in [1.29, 1.82) is 0 Å². The second-order valence-electron chi connectivity index (χ2n) is 4.80. The zero-order valence-electron chi connectivity index (χ0n) is 10.6. The Hall–Kier alpha value is -1.48. The average molecular weight is 321 g/mol. The van der Waals surface area contributed by atoms with E-state index in [2.05, 4.69) is 10.4 Å². The molecular formula is C12H11F4N3OS. The smallest absolute Gasteiger partial charge is 0.337 e. The lowest BCUT2D eigenvalue weighted by Crippen LogP contribution is -2.41. The molecule has 1 saturated heterocycles. The van der Waals surface area contributed by atoms with Crippen molar-refractivity contribution in [2.45, 2.75) is 24.8 Å². The molecular weight excluding hydrogens is 310 g/mol. The summed E-state index contributed by atoms with van der Waals surface area (Å²) in [5.74, 6) is -1.54. The molecule has 1 aromatic rings. The first kappa shape index (κ1) is 14.5. The number of alkyl halides is 2. The third kappa shape index (κ3) is 2.55. The van der Waals surface area contributed by atoms with Crippen molar-refractivity contribution in [1.82, 2.24) is 10.3 Å². The van der Waals surface area contributed by atoms with Gasteiger partial charge < -0.3 is 9.87 Å². The first-order chi connectivity index (χ1) is 9.99. The third-order valence-electron chi connectivity index (χ3n) is 3.46. The lowest BCUT2D eigenvalue weighted by atomic mass is 10.0. The van der Waals surface area contributed by atoms with E-state index in [1.807, 2.05) is 0 Å². The molecule has 0 radical (unpaired) electrons. The number of benzene rings is 1. The number of nitrogens with one attached hydrogen (secondary N) is 1. The van der Waals surface area contributed by atoms with Crippen LogP contribution in [0.5, 0.6) is 0 Å². The molecule has 4 atom stereocenters. The van der Waals surface area contributed by atoms with Crippen LogP contribution in [0.2, 0.25) is 0 Å². The molecule has 1 N–H and O–H groups in total. The van der Waals surface area contributed by atoms with Gasteiger partial charge in [0.2, 0.25) is 0 Å². The summed E-state index contributed by atoms with van der Waals surface area (Å²) in [5.41, 5.74) is 0.232. The fraction of sp³-hybridized carbons (Fsp3) is 0.417. The van der Waals surface area contributed by atoms with E-state index < -0.39 is 47.2 Å². The van der Waals surface area contributed by atoms with E-state index in [4.69, 9.17) is 0 Å². The van der Waals surface area contributed by atoms with Crippen LogP contribution in [0.4, 0.5) is 17.6 Å². The van der Waals surface area contributed by atoms with Crippen molar-refractivity contribution < 1.29 is 22.1 Å². The quantitative estimate of drug-likeness (QED) is 0.669. The number of rotatable bonds is 2. The van der Waals surface area contributed by atoms with Crippen LogP contribution in [0.1, 0.15) is 18.0 Å². The molecule has 1 aromatic carbocycles. The zero-order chi connectivity index (χ0) is 15.1. The zero-order valence-corrected chi connectivity index (χ0v) is 11.4. The number of hydrogen-bond donors (Lipinski definition) is 1. The maximum Gasteiger partial charge on any atom is 0.337 e. The van der Waals surface area contributed by atoms with Crippen LogP contribution in [0.3, 0.4) is 0 Å². The summed E-state index contributed by atoms with van der Waals surface area (Å²) >= 11 is -1.99. The minimum absolute atomic E-state index is 0.0143. The van der Waals surface area contributed by atoms with Gasteiger partial charge in [-0.2, -0.15) is 4.39 Å². The van der Waals surface area contributed by atoms with Crippen LogP contribution in [-0.2, 0) is 11.2 Å². The van der Waals surface area contributed by atoms with E-state index in [9.17, 15) is 22.1 Å². The molecule has 2 heterocycles. The van der Waals surface area contributed by atoms with Gasteiger partial charge in [0, 0.05) is 12.5 Å². The maximum atomic E-state index is 14.0. The highest BCUT2D eigenvalue weighted by Gasteiger charge is 2.48. The minimum Gasteiger partial charge on any atom is -0.607 e. The summed E-state index contributed by atoms with van der Waals surface area (Å²) < 4.78 is 64.3. The molecule has 0 amide bonds. The van der Waals surface area contributed by atoms with Crippen molar-refractivity contribution in [3.8, 4) is 0 Å². The summed E-state index contributed by atoms with van der Waals surface area (Å²) in [6.45, 7) is 0. The van der Waals surface area contributed by atoms with E-state index in [0.29, 0.717) is 0 Å². The number of nitrogens with zero attached hydrogens (tertiary/aromatic N) is 2. The monoisotopic (exact) mass is 321 g/mol. The predicted molar refractivity (Wildman–Crippen MR) is 68.9 cm³/mol. The van der Waals surface area contributed by atoms with E-state index in [1.165, 1.54) is 5.01 Å². The highest BCUT2D eigenvalue weighted by atomic mass is 32.2.